The summed E-state index contributed by atoms with van der Waals surface area (Å²) < 4.78 is 23.6. The van der Waals surface area contributed by atoms with Crippen LogP contribution in [0.3, 0.4) is 0 Å². The quantitative estimate of drug-likeness (QED) is 0.741. The first-order chi connectivity index (χ1) is 11.6. The fourth-order valence-electron chi connectivity index (χ4n) is 2.30. The van der Waals surface area contributed by atoms with E-state index in [1.165, 1.54) is 25.6 Å². The highest BCUT2D eigenvalue weighted by atomic mass is 19.1. The SMILES string of the molecule is COC(=O)c1cc(F)cc(Nc2ncnc3ccc(OC)cc23)c1. The second kappa shape index (κ2) is 6.49. The number of halogens is 1. The third-order valence-corrected chi connectivity index (χ3v) is 3.42. The Morgan fingerprint density at radius 3 is 2.71 bits per heavy atom. The Morgan fingerprint density at radius 2 is 1.96 bits per heavy atom. The van der Waals surface area contributed by atoms with Crippen molar-refractivity contribution in [3.8, 4) is 5.75 Å². The topological polar surface area (TPSA) is 73.3 Å². The summed E-state index contributed by atoms with van der Waals surface area (Å²) in [5.74, 6) is -0.0572. The number of methoxy groups -OCH3 is 2. The first kappa shape index (κ1) is 15.7. The Hall–Kier alpha value is -3.22. The monoisotopic (exact) mass is 327 g/mol. The van der Waals surface area contributed by atoms with Gasteiger partial charge in [-0.1, -0.05) is 0 Å². The second-order valence-corrected chi connectivity index (χ2v) is 4.95. The zero-order valence-electron chi connectivity index (χ0n) is 13.0. The maximum atomic E-state index is 13.8. The first-order valence-corrected chi connectivity index (χ1v) is 7.05. The summed E-state index contributed by atoms with van der Waals surface area (Å²) in [6.07, 6.45) is 1.40. The maximum Gasteiger partial charge on any atom is 0.338 e. The second-order valence-electron chi connectivity index (χ2n) is 4.95. The molecular formula is C17H14FN3O3. The van der Waals surface area contributed by atoms with Crippen molar-refractivity contribution in [2.45, 2.75) is 0 Å². The zero-order valence-corrected chi connectivity index (χ0v) is 13.0. The summed E-state index contributed by atoms with van der Waals surface area (Å²) in [5, 5.41) is 3.71. The zero-order chi connectivity index (χ0) is 17.1. The summed E-state index contributed by atoms with van der Waals surface area (Å²) in [6, 6.07) is 9.23. The molecule has 0 saturated carbocycles. The van der Waals surface area contributed by atoms with E-state index in [1.807, 2.05) is 0 Å². The van der Waals surface area contributed by atoms with Crippen LogP contribution in [0.2, 0.25) is 0 Å². The smallest absolute Gasteiger partial charge is 0.338 e. The van der Waals surface area contributed by atoms with Crippen molar-refractivity contribution >= 4 is 28.4 Å². The van der Waals surface area contributed by atoms with E-state index in [4.69, 9.17) is 4.74 Å². The number of carbonyl (C=O) groups is 1. The molecule has 0 bridgehead atoms. The lowest BCUT2D eigenvalue weighted by molar-refractivity contribution is 0.0600. The van der Waals surface area contributed by atoms with Gasteiger partial charge < -0.3 is 14.8 Å². The third kappa shape index (κ3) is 3.10. The molecule has 3 rings (SSSR count). The van der Waals surface area contributed by atoms with E-state index in [-0.39, 0.29) is 5.56 Å². The first-order valence-electron chi connectivity index (χ1n) is 7.05. The van der Waals surface area contributed by atoms with Crippen molar-refractivity contribution in [3.63, 3.8) is 0 Å². The normalized spacial score (nSPS) is 10.5. The Balaban J connectivity index is 2.04. The molecule has 122 valence electrons. The molecule has 0 fully saturated rings. The Kier molecular flexibility index (Phi) is 4.24. The lowest BCUT2D eigenvalue weighted by Gasteiger charge is -2.10. The van der Waals surface area contributed by atoms with Gasteiger partial charge in [0, 0.05) is 11.1 Å². The summed E-state index contributed by atoms with van der Waals surface area (Å²) in [6.45, 7) is 0. The van der Waals surface area contributed by atoms with Gasteiger partial charge in [0.2, 0.25) is 0 Å². The van der Waals surface area contributed by atoms with Crippen LogP contribution in [0.4, 0.5) is 15.9 Å². The molecule has 0 saturated heterocycles. The molecule has 0 aliphatic heterocycles. The minimum Gasteiger partial charge on any atom is -0.497 e. The molecule has 0 aliphatic carbocycles. The molecule has 1 heterocycles. The number of hydrogen-bond acceptors (Lipinski definition) is 6. The van der Waals surface area contributed by atoms with Crippen LogP contribution in [0.5, 0.6) is 5.75 Å². The average Bonchev–Trinajstić information content (AvgIpc) is 2.60. The number of nitrogens with one attached hydrogen (secondary N) is 1. The van der Waals surface area contributed by atoms with Gasteiger partial charge in [0.05, 0.1) is 25.3 Å². The largest absolute Gasteiger partial charge is 0.497 e. The number of esters is 1. The number of ether oxygens (including phenoxy) is 2. The Labute approximate surface area is 137 Å². The summed E-state index contributed by atoms with van der Waals surface area (Å²) >= 11 is 0. The predicted molar refractivity (Wildman–Crippen MR) is 87.1 cm³/mol. The summed E-state index contributed by atoms with van der Waals surface area (Å²) in [7, 11) is 2.80. The molecule has 7 heteroatoms. The molecule has 24 heavy (non-hydrogen) atoms. The number of carbonyl (C=O) groups excluding carboxylic acids is 1. The van der Waals surface area contributed by atoms with Gasteiger partial charge in [-0.25, -0.2) is 19.2 Å². The highest BCUT2D eigenvalue weighted by molar-refractivity contribution is 5.93. The van der Waals surface area contributed by atoms with E-state index in [0.717, 1.165) is 6.07 Å². The number of benzene rings is 2. The highest BCUT2D eigenvalue weighted by Gasteiger charge is 2.11. The number of fused-ring (bicyclic) bond motifs is 1. The molecule has 0 radical (unpaired) electrons. The van der Waals surface area contributed by atoms with E-state index in [1.54, 1.807) is 25.3 Å². The number of aromatic nitrogens is 2. The van der Waals surface area contributed by atoms with Gasteiger partial charge in [0.15, 0.2) is 0 Å². The van der Waals surface area contributed by atoms with Crippen LogP contribution in [0.1, 0.15) is 10.4 Å². The van der Waals surface area contributed by atoms with Crippen molar-refractivity contribution in [2.75, 3.05) is 19.5 Å². The van der Waals surface area contributed by atoms with Gasteiger partial charge in [-0.2, -0.15) is 0 Å². The van der Waals surface area contributed by atoms with E-state index in [9.17, 15) is 9.18 Å². The van der Waals surface area contributed by atoms with Crippen molar-refractivity contribution < 1.29 is 18.7 Å². The fraction of sp³-hybridized carbons (Fsp3) is 0.118. The highest BCUT2D eigenvalue weighted by Crippen LogP contribution is 2.27. The van der Waals surface area contributed by atoms with Crippen LogP contribution < -0.4 is 10.1 Å². The van der Waals surface area contributed by atoms with E-state index in [0.29, 0.717) is 28.2 Å². The fourth-order valence-corrected chi connectivity index (χ4v) is 2.30. The van der Waals surface area contributed by atoms with Gasteiger partial charge in [-0.15, -0.1) is 0 Å². The van der Waals surface area contributed by atoms with E-state index in [2.05, 4.69) is 20.0 Å². The van der Waals surface area contributed by atoms with E-state index < -0.39 is 11.8 Å². The lowest BCUT2D eigenvalue weighted by Crippen LogP contribution is -2.04. The molecule has 0 amide bonds. The predicted octanol–water partition coefficient (Wildman–Crippen LogP) is 3.31. The van der Waals surface area contributed by atoms with Crippen LogP contribution in [0.25, 0.3) is 10.9 Å². The Morgan fingerprint density at radius 1 is 1.12 bits per heavy atom. The molecule has 1 N–H and O–H groups in total. The van der Waals surface area contributed by atoms with Gasteiger partial charge in [-0.05, 0) is 36.4 Å². The summed E-state index contributed by atoms with van der Waals surface area (Å²) in [5.41, 5.74) is 1.19. The molecule has 1 aromatic heterocycles. The lowest BCUT2D eigenvalue weighted by atomic mass is 10.2. The minimum absolute atomic E-state index is 0.107. The van der Waals surface area contributed by atoms with Gasteiger partial charge in [-0.3, -0.25) is 0 Å². The maximum absolute atomic E-state index is 13.8. The van der Waals surface area contributed by atoms with Crippen molar-refractivity contribution in [2.24, 2.45) is 0 Å². The molecule has 2 aromatic carbocycles. The molecule has 0 aliphatic rings. The van der Waals surface area contributed by atoms with Crippen LogP contribution in [-0.4, -0.2) is 30.2 Å². The van der Waals surface area contributed by atoms with Crippen LogP contribution in [0.15, 0.2) is 42.7 Å². The Bertz CT molecular complexity index is 915. The average molecular weight is 327 g/mol. The summed E-state index contributed by atoms with van der Waals surface area (Å²) in [4.78, 5) is 20.0. The van der Waals surface area contributed by atoms with Crippen LogP contribution in [-0.2, 0) is 4.74 Å². The molecular weight excluding hydrogens is 313 g/mol. The van der Waals surface area contributed by atoms with E-state index >= 15 is 0 Å². The number of anilines is 2. The van der Waals surface area contributed by atoms with Crippen LogP contribution >= 0.6 is 0 Å². The van der Waals surface area contributed by atoms with Gasteiger partial charge in [0.25, 0.3) is 0 Å². The minimum atomic E-state index is -0.619. The number of nitrogens with zero attached hydrogens (tertiary/aromatic N) is 2. The van der Waals surface area contributed by atoms with Gasteiger partial charge in [0.1, 0.15) is 23.7 Å². The molecule has 0 unspecified atom stereocenters. The molecule has 3 aromatic rings. The van der Waals surface area contributed by atoms with Crippen molar-refractivity contribution in [1.82, 2.24) is 9.97 Å². The molecule has 0 atom stereocenters. The molecule has 0 spiro atoms. The van der Waals surface area contributed by atoms with Crippen molar-refractivity contribution in [3.05, 3.63) is 54.1 Å². The third-order valence-electron chi connectivity index (χ3n) is 3.42. The number of rotatable bonds is 4. The standard InChI is InChI=1S/C17H14FN3O3/c1-23-13-3-4-15-14(8-13)16(20-9-19-15)21-12-6-10(17(22)24-2)5-11(18)7-12/h3-9H,1-2H3,(H,19,20,21). The van der Waals surface area contributed by atoms with Gasteiger partial charge >= 0.3 is 5.97 Å². The number of hydrogen-bond donors (Lipinski definition) is 1. The van der Waals surface area contributed by atoms with Crippen molar-refractivity contribution in [1.29, 1.82) is 0 Å². The molecule has 6 nitrogen and oxygen atoms in total. The van der Waals surface area contributed by atoms with Crippen LogP contribution in [0, 0.1) is 5.82 Å².